The SMILES string of the molecule is CCOc1ccc2c(c1)sc(=NC(=O)C1CCCN(S(=O)(=O)c3ccc(C)cc3)C1)n2CC(=O)OC. The van der Waals surface area contributed by atoms with Gasteiger partial charge in [0.1, 0.15) is 12.3 Å². The number of hydrogen-bond acceptors (Lipinski definition) is 7. The maximum Gasteiger partial charge on any atom is 0.325 e. The lowest BCUT2D eigenvalue weighted by Crippen LogP contribution is -2.42. The van der Waals surface area contributed by atoms with Gasteiger partial charge in [0.2, 0.25) is 10.0 Å². The van der Waals surface area contributed by atoms with Gasteiger partial charge in [-0.05, 0) is 57.0 Å². The average Bonchev–Trinajstić information content (AvgIpc) is 3.20. The highest BCUT2D eigenvalue weighted by Crippen LogP contribution is 2.26. The summed E-state index contributed by atoms with van der Waals surface area (Å²) in [5, 5.41) is 0. The Hall–Kier alpha value is -3.02. The number of piperidine rings is 1. The van der Waals surface area contributed by atoms with Gasteiger partial charge in [0.15, 0.2) is 4.80 Å². The molecule has 0 N–H and O–H groups in total. The summed E-state index contributed by atoms with van der Waals surface area (Å²) in [6.07, 6.45) is 1.10. The molecule has 1 amide bonds. The number of aryl methyl sites for hydroxylation is 1. The molecule has 1 aromatic heterocycles. The first-order valence-electron chi connectivity index (χ1n) is 11.7. The minimum absolute atomic E-state index is 0.0644. The summed E-state index contributed by atoms with van der Waals surface area (Å²) in [5.41, 5.74) is 1.70. The van der Waals surface area contributed by atoms with Crippen LogP contribution in [0.5, 0.6) is 5.75 Å². The minimum Gasteiger partial charge on any atom is -0.494 e. The molecule has 36 heavy (non-hydrogen) atoms. The van der Waals surface area contributed by atoms with Crippen LogP contribution in [0.1, 0.15) is 25.3 Å². The molecule has 11 heteroatoms. The largest absolute Gasteiger partial charge is 0.494 e. The van der Waals surface area contributed by atoms with Crippen LogP contribution in [-0.2, 0) is 30.9 Å². The van der Waals surface area contributed by atoms with Crippen molar-refractivity contribution in [1.29, 1.82) is 0 Å². The number of esters is 1. The van der Waals surface area contributed by atoms with Crippen LogP contribution in [0.25, 0.3) is 10.2 Å². The molecule has 0 saturated carbocycles. The normalized spacial score (nSPS) is 17.3. The van der Waals surface area contributed by atoms with Gasteiger partial charge in [0.05, 0.1) is 34.7 Å². The van der Waals surface area contributed by atoms with E-state index in [0.717, 1.165) is 15.8 Å². The quantitative estimate of drug-likeness (QED) is 0.434. The van der Waals surface area contributed by atoms with Gasteiger partial charge in [0.25, 0.3) is 5.91 Å². The van der Waals surface area contributed by atoms with Crippen LogP contribution in [0.2, 0.25) is 0 Å². The van der Waals surface area contributed by atoms with E-state index < -0.39 is 27.8 Å². The van der Waals surface area contributed by atoms with E-state index in [2.05, 4.69) is 4.99 Å². The summed E-state index contributed by atoms with van der Waals surface area (Å²) >= 11 is 1.27. The van der Waals surface area contributed by atoms with Crippen LogP contribution in [-0.4, -0.2) is 56.0 Å². The standard InChI is InChI=1S/C25H29N3O6S2/c1-4-34-19-9-12-21-22(14-19)35-25(28(21)16-23(29)33-3)26-24(30)18-6-5-13-27(15-18)36(31,32)20-10-7-17(2)8-11-20/h7-12,14,18H,4-6,13,15-16H2,1-3H3. The Balaban J connectivity index is 1.64. The third-order valence-electron chi connectivity index (χ3n) is 6.08. The van der Waals surface area contributed by atoms with Gasteiger partial charge in [-0.3, -0.25) is 9.59 Å². The van der Waals surface area contributed by atoms with Crippen LogP contribution >= 0.6 is 11.3 Å². The van der Waals surface area contributed by atoms with E-state index in [4.69, 9.17) is 9.47 Å². The number of aromatic nitrogens is 1. The predicted molar refractivity (Wildman–Crippen MR) is 136 cm³/mol. The van der Waals surface area contributed by atoms with Gasteiger partial charge in [0, 0.05) is 13.1 Å². The van der Waals surface area contributed by atoms with Crippen molar-refractivity contribution in [3.63, 3.8) is 0 Å². The highest BCUT2D eigenvalue weighted by atomic mass is 32.2. The van der Waals surface area contributed by atoms with E-state index in [0.29, 0.717) is 36.5 Å². The maximum absolute atomic E-state index is 13.2. The lowest BCUT2D eigenvalue weighted by atomic mass is 9.99. The topological polar surface area (TPSA) is 107 Å². The molecule has 1 atom stereocenters. The number of carbonyl (C=O) groups is 2. The Kier molecular flexibility index (Phi) is 7.91. The summed E-state index contributed by atoms with van der Waals surface area (Å²) in [7, 11) is -2.41. The predicted octanol–water partition coefficient (Wildman–Crippen LogP) is 3.11. The zero-order valence-electron chi connectivity index (χ0n) is 20.5. The number of sulfonamides is 1. The number of ether oxygens (including phenoxy) is 2. The second-order valence-electron chi connectivity index (χ2n) is 8.57. The van der Waals surface area contributed by atoms with Crippen molar-refractivity contribution >= 4 is 43.5 Å². The van der Waals surface area contributed by atoms with Gasteiger partial charge >= 0.3 is 5.97 Å². The maximum atomic E-state index is 13.2. The molecule has 2 aromatic carbocycles. The van der Waals surface area contributed by atoms with E-state index in [1.807, 2.05) is 26.0 Å². The van der Waals surface area contributed by atoms with E-state index >= 15 is 0 Å². The average molecular weight is 532 g/mol. The number of methoxy groups -OCH3 is 1. The van der Waals surface area contributed by atoms with Gasteiger partial charge in [-0.1, -0.05) is 29.0 Å². The fraction of sp³-hybridized carbons (Fsp3) is 0.400. The third-order valence-corrected chi connectivity index (χ3v) is 9.00. The lowest BCUT2D eigenvalue weighted by Gasteiger charge is -2.30. The molecular formula is C25H29N3O6S2. The van der Waals surface area contributed by atoms with Crippen molar-refractivity contribution in [3.8, 4) is 5.75 Å². The summed E-state index contributed by atoms with van der Waals surface area (Å²) in [4.78, 5) is 30.2. The molecule has 1 aliphatic rings. The van der Waals surface area contributed by atoms with Crippen molar-refractivity contribution in [2.75, 3.05) is 26.8 Å². The van der Waals surface area contributed by atoms with Crippen LogP contribution in [0.15, 0.2) is 52.4 Å². The highest BCUT2D eigenvalue weighted by Gasteiger charge is 2.33. The van der Waals surface area contributed by atoms with Crippen molar-refractivity contribution in [3.05, 3.63) is 52.8 Å². The first-order valence-corrected chi connectivity index (χ1v) is 14.0. The molecule has 4 rings (SSSR count). The number of fused-ring (bicyclic) bond motifs is 1. The number of thiazole rings is 1. The number of rotatable bonds is 7. The Labute approximate surface area is 214 Å². The smallest absolute Gasteiger partial charge is 0.325 e. The summed E-state index contributed by atoms with van der Waals surface area (Å²) in [5.74, 6) is -0.771. The molecule has 3 aromatic rings. The minimum atomic E-state index is -3.71. The number of nitrogens with zero attached hydrogens (tertiary/aromatic N) is 3. The first kappa shape index (κ1) is 26.1. The Bertz CT molecular complexity index is 1440. The summed E-state index contributed by atoms with van der Waals surface area (Å²) in [6.45, 7) is 4.61. The Morgan fingerprint density at radius 3 is 2.61 bits per heavy atom. The molecule has 1 unspecified atom stereocenters. The molecule has 0 spiro atoms. The molecule has 1 saturated heterocycles. The highest BCUT2D eigenvalue weighted by molar-refractivity contribution is 7.89. The van der Waals surface area contributed by atoms with Crippen LogP contribution in [0.4, 0.5) is 0 Å². The van der Waals surface area contributed by atoms with Gasteiger partial charge in [-0.25, -0.2) is 8.42 Å². The number of hydrogen-bond donors (Lipinski definition) is 0. The van der Waals surface area contributed by atoms with E-state index in [-0.39, 0.29) is 18.0 Å². The van der Waals surface area contributed by atoms with Gasteiger partial charge in [-0.15, -0.1) is 0 Å². The lowest BCUT2D eigenvalue weighted by molar-refractivity contribution is -0.141. The fourth-order valence-electron chi connectivity index (χ4n) is 4.15. The molecule has 1 fully saturated rings. The van der Waals surface area contributed by atoms with E-state index in [1.54, 1.807) is 34.9 Å². The fourth-order valence-corrected chi connectivity index (χ4v) is 6.74. The van der Waals surface area contributed by atoms with Crippen molar-refractivity contribution in [1.82, 2.24) is 8.87 Å². The molecule has 1 aliphatic heterocycles. The third kappa shape index (κ3) is 5.53. The van der Waals surface area contributed by atoms with Crippen LogP contribution in [0.3, 0.4) is 0 Å². The molecule has 0 radical (unpaired) electrons. The van der Waals surface area contributed by atoms with Gasteiger partial charge in [-0.2, -0.15) is 9.30 Å². The molecule has 0 bridgehead atoms. The molecule has 0 aliphatic carbocycles. The number of carbonyl (C=O) groups excluding carboxylic acids is 2. The summed E-state index contributed by atoms with van der Waals surface area (Å²) in [6, 6.07) is 12.2. The van der Waals surface area contributed by atoms with Crippen LogP contribution < -0.4 is 9.54 Å². The molecular weight excluding hydrogens is 502 g/mol. The van der Waals surface area contributed by atoms with Crippen molar-refractivity contribution < 1.29 is 27.5 Å². The number of amides is 1. The Morgan fingerprint density at radius 2 is 1.92 bits per heavy atom. The summed E-state index contributed by atoms with van der Waals surface area (Å²) < 4.78 is 40.5. The number of benzene rings is 2. The zero-order valence-corrected chi connectivity index (χ0v) is 22.1. The van der Waals surface area contributed by atoms with E-state index in [1.165, 1.54) is 22.8 Å². The van der Waals surface area contributed by atoms with Crippen molar-refractivity contribution in [2.45, 2.75) is 38.1 Å². The molecule has 2 heterocycles. The Morgan fingerprint density at radius 1 is 1.17 bits per heavy atom. The van der Waals surface area contributed by atoms with Crippen LogP contribution in [0, 0.1) is 12.8 Å². The zero-order chi connectivity index (χ0) is 25.9. The second kappa shape index (κ2) is 10.9. The molecule has 192 valence electrons. The second-order valence-corrected chi connectivity index (χ2v) is 11.5. The molecule has 9 nitrogen and oxygen atoms in total. The van der Waals surface area contributed by atoms with Gasteiger partial charge < -0.3 is 14.0 Å². The van der Waals surface area contributed by atoms with E-state index in [9.17, 15) is 18.0 Å². The monoisotopic (exact) mass is 531 g/mol. The first-order chi connectivity index (χ1) is 17.2. The van der Waals surface area contributed by atoms with Crippen molar-refractivity contribution in [2.24, 2.45) is 10.9 Å².